The van der Waals surface area contributed by atoms with Crippen LogP contribution < -0.4 is 10.2 Å². The number of hydrogen-bond donors (Lipinski definition) is 1. The number of ether oxygens (including phenoxy) is 1. The van der Waals surface area contributed by atoms with Gasteiger partial charge in [0.1, 0.15) is 11.6 Å². The zero-order valence-corrected chi connectivity index (χ0v) is 19.4. The number of imidazole rings is 1. The molecule has 1 aliphatic rings. The lowest BCUT2D eigenvalue weighted by Gasteiger charge is -2.37. The van der Waals surface area contributed by atoms with E-state index in [4.69, 9.17) is 4.74 Å². The van der Waals surface area contributed by atoms with E-state index >= 15 is 0 Å². The van der Waals surface area contributed by atoms with Crippen LogP contribution in [0.25, 0.3) is 11.8 Å². The van der Waals surface area contributed by atoms with Gasteiger partial charge in [0.2, 0.25) is 0 Å². The van der Waals surface area contributed by atoms with Crippen LogP contribution in [0.4, 0.5) is 4.39 Å². The second kappa shape index (κ2) is 9.81. The van der Waals surface area contributed by atoms with Gasteiger partial charge < -0.3 is 9.30 Å². The fraction of sp³-hybridized carbons (Fsp3) is 0.231. The Balaban J connectivity index is 1.48. The Hall–Kier alpha value is -4.45. The zero-order chi connectivity index (χ0) is 25.0. The molecule has 0 aliphatic carbocycles. The van der Waals surface area contributed by atoms with E-state index in [9.17, 15) is 19.2 Å². The van der Waals surface area contributed by atoms with Crippen molar-refractivity contribution in [2.75, 3.05) is 13.7 Å². The summed E-state index contributed by atoms with van der Waals surface area (Å²) < 4.78 is 20.7. The van der Waals surface area contributed by atoms with Gasteiger partial charge in [-0.25, -0.2) is 9.37 Å². The highest BCUT2D eigenvalue weighted by atomic mass is 19.1. The van der Waals surface area contributed by atoms with Crippen molar-refractivity contribution in [3.05, 3.63) is 83.7 Å². The minimum atomic E-state index is -1.47. The van der Waals surface area contributed by atoms with Crippen LogP contribution in [0.3, 0.4) is 0 Å². The molecule has 1 unspecified atom stereocenters. The maximum absolute atomic E-state index is 13.4. The lowest BCUT2D eigenvalue weighted by atomic mass is 9.75. The van der Waals surface area contributed by atoms with Gasteiger partial charge in [0, 0.05) is 18.8 Å². The molecule has 178 valence electrons. The van der Waals surface area contributed by atoms with E-state index in [1.807, 2.05) is 29.8 Å². The molecule has 1 saturated heterocycles. The average molecular weight is 474 g/mol. The number of rotatable bonds is 6. The van der Waals surface area contributed by atoms with Gasteiger partial charge in [0.05, 0.1) is 30.9 Å². The first-order valence-electron chi connectivity index (χ1n) is 11.0. The highest BCUT2D eigenvalue weighted by molar-refractivity contribution is 5.96. The van der Waals surface area contributed by atoms with Gasteiger partial charge in [-0.15, -0.1) is 0 Å². The smallest absolute Gasteiger partial charge is 0.265 e. The number of aryl methyl sites for hydroxylation is 1. The van der Waals surface area contributed by atoms with Crippen LogP contribution >= 0.6 is 0 Å². The molecule has 1 atom stereocenters. The molecule has 0 bridgehead atoms. The summed E-state index contributed by atoms with van der Waals surface area (Å²) in [5.41, 5.74) is 3.90. The molecule has 8 nitrogen and oxygen atoms in total. The van der Waals surface area contributed by atoms with E-state index in [0.29, 0.717) is 24.2 Å². The van der Waals surface area contributed by atoms with Gasteiger partial charge in [0.25, 0.3) is 11.8 Å². The standard InChI is InChI=1S/C26H24FN5O3/c1-18-15-31(17-29-18)22-10-4-19(14-23(22)35-2)5-11-24(33)30-32-13-3-12-26(16-28,25(32)34)20-6-8-21(27)9-7-20/h4-11,14-15,17H,3,12-13H2,1-2H3,(H,30,33)/b11-5+. The Morgan fingerprint density at radius 2 is 2.06 bits per heavy atom. The first-order chi connectivity index (χ1) is 16.9. The zero-order valence-electron chi connectivity index (χ0n) is 19.4. The highest BCUT2D eigenvalue weighted by Gasteiger charge is 2.46. The Morgan fingerprint density at radius 3 is 2.71 bits per heavy atom. The second-order valence-electron chi connectivity index (χ2n) is 8.25. The lowest BCUT2D eigenvalue weighted by molar-refractivity contribution is -0.146. The third kappa shape index (κ3) is 4.77. The first-order valence-corrected chi connectivity index (χ1v) is 11.0. The van der Waals surface area contributed by atoms with E-state index in [2.05, 4.69) is 16.5 Å². The SMILES string of the molecule is COc1cc(/C=C/C(=O)NN2CCCC(C#N)(c3ccc(F)cc3)C2=O)ccc1-n1cnc(C)c1. The van der Waals surface area contributed by atoms with Crippen LogP contribution in [0.5, 0.6) is 5.75 Å². The van der Waals surface area contributed by atoms with Crippen molar-refractivity contribution in [2.45, 2.75) is 25.2 Å². The summed E-state index contributed by atoms with van der Waals surface area (Å²) in [7, 11) is 1.56. The van der Waals surface area contributed by atoms with Crippen LogP contribution in [0, 0.1) is 24.1 Å². The molecule has 0 radical (unpaired) electrons. The van der Waals surface area contributed by atoms with E-state index in [-0.39, 0.29) is 6.54 Å². The number of hydrogen-bond acceptors (Lipinski definition) is 5. The molecule has 3 aromatic rings. The summed E-state index contributed by atoms with van der Waals surface area (Å²) in [6.07, 6.45) is 7.28. The number of piperidine rings is 1. The summed E-state index contributed by atoms with van der Waals surface area (Å²) in [6, 6.07) is 12.9. The number of amides is 2. The van der Waals surface area contributed by atoms with Gasteiger partial charge in [-0.05, 0) is 61.2 Å². The minimum Gasteiger partial charge on any atom is -0.495 e. The Labute approximate surface area is 202 Å². The number of nitrogens with one attached hydrogen (secondary N) is 1. The number of nitrogens with zero attached hydrogens (tertiary/aromatic N) is 4. The molecule has 0 saturated carbocycles. The molecule has 2 aromatic carbocycles. The molecular formula is C26H24FN5O3. The fourth-order valence-electron chi connectivity index (χ4n) is 4.12. The van der Waals surface area contributed by atoms with E-state index < -0.39 is 23.0 Å². The van der Waals surface area contributed by atoms with Crippen LogP contribution in [-0.2, 0) is 15.0 Å². The van der Waals surface area contributed by atoms with Crippen molar-refractivity contribution in [1.29, 1.82) is 5.26 Å². The molecule has 9 heteroatoms. The molecule has 1 fully saturated rings. The summed E-state index contributed by atoms with van der Waals surface area (Å²) in [5, 5.41) is 11.0. The average Bonchev–Trinajstić information content (AvgIpc) is 3.30. The fourth-order valence-corrected chi connectivity index (χ4v) is 4.12. The maximum Gasteiger partial charge on any atom is 0.265 e. The van der Waals surface area contributed by atoms with Gasteiger partial charge >= 0.3 is 0 Å². The predicted molar refractivity (Wildman–Crippen MR) is 127 cm³/mol. The number of methoxy groups -OCH3 is 1. The van der Waals surface area contributed by atoms with Crippen molar-refractivity contribution in [3.8, 4) is 17.5 Å². The monoisotopic (exact) mass is 473 g/mol. The molecule has 1 aromatic heterocycles. The Bertz CT molecular complexity index is 1330. The first kappa shape index (κ1) is 23.7. The van der Waals surface area contributed by atoms with E-state index in [0.717, 1.165) is 22.0 Å². The quantitative estimate of drug-likeness (QED) is 0.553. The maximum atomic E-state index is 13.4. The van der Waals surface area contributed by atoms with Crippen LogP contribution in [0.1, 0.15) is 29.7 Å². The van der Waals surface area contributed by atoms with Crippen molar-refractivity contribution in [1.82, 2.24) is 20.0 Å². The van der Waals surface area contributed by atoms with Gasteiger partial charge in [-0.1, -0.05) is 18.2 Å². The largest absolute Gasteiger partial charge is 0.495 e. The van der Waals surface area contributed by atoms with Crippen LogP contribution in [0.2, 0.25) is 0 Å². The second-order valence-corrected chi connectivity index (χ2v) is 8.25. The molecule has 35 heavy (non-hydrogen) atoms. The Kier molecular flexibility index (Phi) is 6.64. The number of halogens is 1. The molecule has 2 heterocycles. The Morgan fingerprint density at radius 1 is 1.29 bits per heavy atom. The normalized spacial score (nSPS) is 17.9. The van der Waals surface area contributed by atoms with Crippen LogP contribution in [-0.4, -0.2) is 40.0 Å². The number of carbonyl (C=O) groups excluding carboxylic acids is 2. The summed E-state index contributed by atoms with van der Waals surface area (Å²) >= 11 is 0. The summed E-state index contributed by atoms with van der Waals surface area (Å²) in [5.74, 6) is -0.903. The van der Waals surface area contributed by atoms with Crippen molar-refractivity contribution in [3.63, 3.8) is 0 Å². The summed E-state index contributed by atoms with van der Waals surface area (Å²) in [6.45, 7) is 2.17. The number of benzene rings is 2. The number of hydrazine groups is 1. The summed E-state index contributed by atoms with van der Waals surface area (Å²) in [4.78, 5) is 30.0. The van der Waals surface area contributed by atoms with Gasteiger partial charge in [0.15, 0.2) is 5.41 Å². The molecule has 1 aliphatic heterocycles. The third-order valence-electron chi connectivity index (χ3n) is 5.94. The number of nitriles is 1. The minimum absolute atomic E-state index is 0.274. The third-order valence-corrected chi connectivity index (χ3v) is 5.94. The topological polar surface area (TPSA) is 100 Å². The predicted octanol–water partition coefficient (Wildman–Crippen LogP) is 3.46. The number of aromatic nitrogens is 2. The van der Waals surface area contributed by atoms with Crippen molar-refractivity contribution >= 4 is 17.9 Å². The molecule has 1 N–H and O–H groups in total. The van der Waals surface area contributed by atoms with Gasteiger partial charge in [-0.2, -0.15) is 5.26 Å². The van der Waals surface area contributed by atoms with Crippen molar-refractivity contribution in [2.24, 2.45) is 0 Å². The van der Waals surface area contributed by atoms with E-state index in [1.165, 1.54) is 30.3 Å². The number of carbonyl (C=O) groups is 2. The van der Waals surface area contributed by atoms with E-state index in [1.54, 1.807) is 25.6 Å². The highest BCUT2D eigenvalue weighted by Crippen LogP contribution is 2.34. The molecule has 2 amide bonds. The molecule has 4 rings (SSSR count). The molecular weight excluding hydrogens is 449 g/mol. The van der Waals surface area contributed by atoms with Gasteiger partial charge in [-0.3, -0.25) is 20.0 Å². The molecule has 0 spiro atoms. The van der Waals surface area contributed by atoms with Crippen molar-refractivity contribution < 1.29 is 18.7 Å². The van der Waals surface area contributed by atoms with Crippen LogP contribution in [0.15, 0.2) is 61.1 Å². The lowest BCUT2D eigenvalue weighted by Crippen LogP contribution is -2.57.